The average molecular weight is 286 g/mol. The number of allylic oxidation sites excluding steroid dienone is 2. The van der Waals surface area contributed by atoms with Crippen LogP contribution in [0.3, 0.4) is 0 Å². The van der Waals surface area contributed by atoms with Crippen molar-refractivity contribution in [2.75, 3.05) is 0 Å². The van der Waals surface area contributed by atoms with E-state index in [2.05, 4.69) is 19.9 Å². The minimum Gasteiger partial charge on any atom is -0.300 e. The standard InChI is InChI=1S/C19H26O2/c1-18-9-7-13(20)11-12(18)3-4-14-15-5-6-17(21)19(15,2)10-8-16(14)18/h5-6,12,14-16H,3-4,7-11H2,1-2H3/t12-,14?,15?,16?,18?,19?/m0/s1. The summed E-state index contributed by atoms with van der Waals surface area (Å²) in [6.45, 7) is 4.64. The number of carbonyl (C=O) groups excluding carboxylic acids is 2. The summed E-state index contributed by atoms with van der Waals surface area (Å²) in [7, 11) is 0. The van der Waals surface area contributed by atoms with E-state index in [0.29, 0.717) is 34.7 Å². The summed E-state index contributed by atoms with van der Waals surface area (Å²) in [5.41, 5.74) is 0.229. The molecular weight excluding hydrogens is 260 g/mol. The number of rotatable bonds is 0. The van der Waals surface area contributed by atoms with Gasteiger partial charge in [0, 0.05) is 18.3 Å². The molecule has 4 aliphatic carbocycles. The van der Waals surface area contributed by atoms with Crippen LogP contribution in [0.1, 0.15) is 58.8 Å². The van der Waals surface area contributed by atoms with E-state index in [-0.39, 0.29) is 5.41 Å². The van der Waals surface area contributed by atoms with Crippen LogP contribution in [0.4, 0.5) is 0 Å². The molecule has 5 unspecified atom stereocenters. The van der Waals surface area contributed by atoms with Gasteiger partial charge in [-0.05, 0) is 67.3 Å². The van der Waals surface area contributed by atoms with Crippen LogP contribution >= 0.6 is 0 Å². The number of hydrogen-bond acceptors (Lipinski definition) is 2. The molecule has 0 aromatic carbocycles. The fraction of sp³-hybridized carbons (Fsp3) is 0.789. The van der Waals surface area contributed by atoms with Crippen molar-refractivity contribution in [3.63, 3.8) is 0 Å². The molecule has 2 heteroatoms. The van der Waals surface area contributed by atoms with Crippen LogP contribution in [0, 0.1) is 34.5 Å². The second-order valence-corrected chi connectivity index (χ2v) is 8.50. The Balaban J connectivity index is 1.67. The molecule has 4 rings (SSSR count). The Morgan fingerprint density at radius 3 is 2.71 bits per heavy atom. The Morgan fingerprint density at radius 2 is 1.90 bits per heavy atom. The van der Waals surface area contributed by atoms with Crippen molar-refractivity contribution in [1.82, 2.24) is 0 Å². The van der Waals surface area contributed by atoms with Crippen LogP contribution in [-0.2, 0) is 9.59 Å². The SMILES string of the molecule is CC12CCC3C(CC[C@H]4CC(=O)CCC34C)C1C=CC2=O. The number of carbonyl (C=O) groups is 2. The first-order valence-electron chi connectivity index (χ1n) is 8.69. The maximum Gasteiger partial charge on any atom is 0.161 e. The van der Waals surface area contributed by atoms with E-state index in [4.69, 9.17) is 0 Å². The Hall–Kier alpha value is -0.920. The third-order valence-corrected chi connectivity index (χ3v) is 7.75. The molecule has 0 heterocycles. The molecule has 0 radical (unpaired) electrons. The van der Waals surface area contributed by atoms with Crippen LogP contribution in [0.5, 0.6) is 0 Å². The normalized spacial score (nSPS) is 52.3. The number of fused-ring (bicyclic) bond motifs is 5. The fourth-order valence-corrected chi connectivity index (χ4v) is 6.32. The van der Waals surface area contributed by atoms with Crippen molar-refractivity contribution in [1.29, 1.82) is 0 Å². The highest BCUT2D eigenvalue weighted by Gasteiger charge is 2.58. The van der Waals surface area contributed by atoms with Gasteiger partial charge >= 0.3 is 0 Å². The highest BCUT2D eigenvalue weighted by Crippen LogP contribution is 2.63. The monoisotopic (exact) mass is 286 g/mol. The van der Waals surface area contributed by atoms with E-state index in [9.17, 15) is 9.59 Å². The van der Waals surface area contributed by atoms with Gasteiger partial charge in [-0.15, -0.1) is 0 Å². The fourth-order valence-electron chi connectivity index (χ4n) is 6.32. The van der Waals surface area contributed by atoms with Crippen molar-refractivity contribution in [3.8, 4) is 0 Å². The molecule has 2 nitrogen and oxygen atoms in total. The molecule has 0 aromatic rings. The zero-order chi connectivity index (χ0) is 14.8. The van der Waals surface area contributed by atoms with E-state index in [1.807, 2.05) is 6.08 Å². The minimum atomic E-state index is -0.116. The van der Waals surface area contributed by atoms with Crippen molar-refractivity contribution >= 4 is 11.6 Å². The number of Topliss-reactive ketones (excluding diaryl/α,β-unsaturated/α-hetero) is 1. The van der Waals surface area contributed by atoms with Gasteiger partial charge in [0.15, 0.2) is 5.78 Å². The summed E-state index contributed by atoms with van der Waals surface area (Å²) >= 11 is 0. The summed E-state index contributed by atoms with van der Waals surface area (Å²) in [5.74, 6) is 3.29. The Morgan fingerprint density at radius 1 is 1.10 bits per heavy atom. The third-order valence-electron chi connectivity index (χ3n) is 7.75. The van der Waals surface area contributed by atoms with Crippen molar-refractivity contribution < 1.29 is 9.59 Å². The molecule has 0 spiro atoms. The number of hydrogen-bond donors (Lipinski definition) is 0. The Bertz CT molecular complexity index is 534. The van der Waals surface area contributed by atoms with Crippen molar-refractivity contribution in [3.05, 3.63) is 12.2 Å². The first kappa shape index (κ1) is 13.7. The third kappa shape index (κ3) is 1.71. The van der Waals surface area contributed by atoms with Crippen molar-refractivity contribution in [2.24, 2.45) is 34.5 Å². The van der Waals surface area contributed by atoms with Crippen LogP contribution in [0.25, 0.3) is 0 Å². The largest absolute Gasteiger partial charge is 0.300 e. The minimum absolute atomic E-state index is 0.116. The van der Waals surface area contributed by atoms with Gasteiger partial charge in [-0.25, -0.2) is 0 Å². The van der Waals surface area contributed by atoms with E-state index in [1.54, 1.807) is 0 Å². The maximum atomic E-state index is 12.3. The molecule has 0 amide bonds. The predicted molar refractivity (Wildman–Crippen MR) is 81.6 cm³/mol. The van der Waals surface area contributed by atoms with Gasteiger partial charge in [0.05, 0.1) is 0 Å². The van der Waals surface area contributed by atoms with E-state index >= 15 is 0 Å². The lowest BCUT2D eigenvalue weighted by Gasteiger charge is -2.59. The van der Waals surface area contributed by atoms with Gasteiger partial charge in [-0.2, -0.15) is 0 Å². The molecule has 0 aliphatic heterocycles. The topological polar surface area (TPSA) is 34.1 Å². The van der Waals surface area contributed by atoms with Gasteiger partial charge in [0.25, 0.3) is 0 Å². The smallest absolute Gasteiger partial charge is 0.161 e. The molecular formula is C19H26O2. The summed E-state index contributed by atoms with van der Waals surface area (Å²) in [5, 5.41) is 0. The molecule has 0 bridgehead atoms. The molecule has 0 aromatic heterocycles. The second-order valence-electron chi connectivity index (χ2n) is 8.50. The predicted octanol–water partition coefficient (Wildman–Crippen LogP) is 3.94. The molecule has 4 aliphatic rings. The molecule has 0 saturated heterocycles. The van der Waals surface area contributed by atoms with Gasteiger partial charge in [0.1, 0.15) is 5.78 Å². The van der Waals surface area contributed by atoms with E-state index in [1.165, 1.54) is 19.3 Å². The first-order chi connectivity index (χ1) is 9.95. The summed E-state index contributed by atoms with van der Waals surface area (Å²) in [4.78, 5) is 24.1. The van der Waals surface area contributed by atoms with E-state index in [0.717, 1.165) is 31.6 Å². The Labute approximate surface area is 127 Å². The second kappa shape index (κ2) is 4.30. The molecule has 6 atom stereocenters. The van der Waals surface area contributed by atoms with Crippen LogP contribution in [0.2, 0.25) is 0 Å². The van der Waals surface area contributed by atoms with Crippen LogP contribution < -0.4 is 0 Å². The van der Waals surface area contributed by atoms with Crippen molar-refractivity contribution in [2.45, 2.75) is 58.8 Å². The molecule has 3 fully saturated rings. The lowest BCUT2D eigenvalue weighted by molar-refractivity contribution is -0.142. The maximum absolute atomic E-state index is 12.3. The molecule has 0 N–H and O–H groups in total. The molecule has 21 heavy (non-hydrogen) atoms. The van der Waals surface area contributed by atoms with Gasteiger partial charge in [0.2, 0.25) is 0 Å². The molecule has 3 saturated carbocycles. The first-order valence-corrected chi connectivity index (χ1v) is 8.69. The quantitative estimate of drug-likeness (QED) is 0.676. The Kier molecular flexibility index (Phi) is 2.81. The lowest BCUT2D eigenvalue weighted by Crippen LogP contribution is -2.53. The summed E-state index contributed by atoms with van der Waals surface area (Å²) in [6.07, 6.45) is 11.4. The van der Waals surface area contributed by atoms with E-state index < -0.39 is 0 Å². The number of ketones is 2. The van der Waals surface area contributed by atoms with Crippen LogP contribution in [-0.4, -0.2) is 11.6 Å². The zero-order valence-electron chi connectivity index (χ0n) is 13.2. The summed E-state index contributed by atoms with van der Waals surface area (Å²) in [6, 6.07) is 0. The lowest BCUT2D eigenvalue weighted by atomic mass is 9.45. The average Bonchev–Trinajstić information content (AvgIpc) is 2.76. The van der Waals surface area contributed by atoms with Gasteiger partial charge in [-0.1, -0.05) is 19.9 Å². The van der Waals surface area contributed by atoms with Gasteiger partial charge < -0.3 is 0 Å². The zero-order valence-corrected chi connectivity index (χ0v) is 13.2. The van der Waals surface area contributed by atoms with Crippen LogP contribution in [0.15, 0.2) is 12.2 Å². The highest BCUT2D eigenvalue weighted by molar-refractivity contribution is 5.97. The molecule has 114 valence electrons. The van der Waals surface area contributed by atoms with Gasteiger partial charge in [-0.3, -0.25) is 9.59 Å². The summed E-state index contributed by atoms with van der Waals surface area (Å²) < 4.78 is 0. The highest BCUT2D eigenvalue weighted by atomic mass is 16.1.